The molecule has 0 bridgehead atoms. The summed E-state index contributed by atoms with van der Waals surface area (Å²) >= 11 is 5.62. The molecule has 0 atom stereocenters. The predicted octanol–water partition coefficient (Wildman–Crippen LogP) is 2.91. The summed E-state index contributed by atoms with van der Waals surface area (Å²) in [5, 5.41) is 19.3. The maximum Gasteiger partial charge on any atom is 0.253 e. The Balaban J connectivity index is 2.49. The van der Waals surface area contributed by atoms with Crippen LogP contribution in [-0.2, 0) is 10.0 Å². The van der Waals surface area contributed by atoms with Crippen LogP contribution in [0.2, 0.25) is 5.02 Å². The molecule has 0 aliphatic carbocycles. The number of aromatic hydroxyl groups is 2. The Kier molecular flexibility index (Phi) is 4.02. The molecule has 3 N–H and O–H groups in total. The van der Waals surface area contributed by atoms with Gasteiger partial charge in [-0.05, 0) is 25.1 Å². The van der Waals surface area contributed by atoms with Gasteiger partial charge < -0.3 is 14.6 Å². The number of sulfonamides is 1. The highest BCUT2D eigenvalue weighted by Gasteiger charge is 2.24. The van der Waals surface area contributed by atoms with Gasteiger partial charge in [-0.1, -0.05) is 11.6 Å². The van der Waals surface area contributed by atoms with E-state index in [1.54, 1.807) is 0 Å². The van der Waals surface area contributed by atoms with Gasteiger partial charge >= 0.3 is 0 Å². The zero-order valence-corrected chi connectivity index (χ0v) is 12.3. The van der Waals surface area contributed by atoms with Gasteiger partial charge in [0.2, 0.25) is 21.5 Å². The monoisotopic (exact) mass is 335 g/mol. The number of anilines is 1. The van der Waals surface area contributed by atoms with Gasteiger partial charge in [0.05, 0.1) is 10.8 Å². The quantitative estimate of drug-likeness (QED) is 0.797. The molecule has 2 aromatic rings. The van der Waals surface area contributed by atoms with Crippen LogP contribution in [0.25, 0.3) is 11.3 Å². The zero-order chi connectivity index (χ0) is 15.8. The summed E-state index contributed by atoms with van der Waals surface area (Å²) in [5.41, 5.74) is 0.177. The third-order valence-corrected chi connectivity index (χ3v) is 4.21. The Hall–Kier alpha value is -1.93. The first-order valence-corrected chi connectivity index (χ1v) is 7.78. The smallest absolute Gasteiger partial charge is 0.253 e. The van der Waals surface area contributed by atoms with E-state index in [9.17, 15) is 23.0 Å². The largest absolute Gasteiger partial charge is 0.502 e. The minimum absolute atomic E-state index is 0.177. The van der Waals surface area contributed by atoms with E-state index in [0.717, 1.165) is 6.07 Å². The van der Waals surface area contributed by atoms with Crippen molar-refractivity contribution in [3.63, 3.8) is 0 Å². The standard InChI is InChI=1S/C12H11ClFNO5S/c1-2-21(18,19)15-12-10(17)9(16)11(20-12)6-3-4-8(14)7(13)5-6/h3-5,15-17H,2H2,1H3. The van der Waals surface area contributed by atoms with Gasteiger partial charge in [-0.15, -0.1) is 0 Å². The highest BCUT2D eigenvalue weighted by molar-refractivity contribution is 7.92. The summed E-state index contributed by atoms with van der Waals surface area (Å²) in [6.45, 7) is 1.39. The highest BCUT2D eigenvalue weighted by atomic mass is 35.5. The first kappa shape index (κ1) is 15.5. The number of rotatable bonds is 4. The van der Waals surface area contributed by atoms with Crippen LogP contribution in [0.1, 0.15) is 6.92 Å². The van der Waals surface area contributed by atoms with Crippen molar-refractivity contribution >= 4 is 27.5 Å². The number of halogens is 2. The summed E-state index contributed by atoms with van der Waals surface area (Å²) in [5.74, 6) is -3.10. The Morgan fingerprint density at radius 2 is 2.00 bits per heavy atom. The molecule has 0 fully saturated rings. The fourth-order valence-electron chi connectivity index (χ4n) is 1.53. The Labute approximate surface area is 124 Å². The number of nitrogens with one attached hydrogen (secondary N) is 1. The van der Waals surface area contributed by atoms with Gasteiger partial charge in [0.1, 0.15) is 5.82 Å². The second-order valence-electron chi connectivity index (χ2n) is 4.09. The lowest BCUT2D eigenvalue weighted by Gasteiger charge is -2.02. The summed E-state index contributed by atoms with van der Waals surface area (Å²) in [6.07, 6.45) is 0. The fraction of sp³-hybridized carbons (Fsp3) is 0.167. The third-order valence-electron chi connectivity index (χ3n) is 2.67. The van der Waals surface area contributed by atoms with Crippen molar-refractivity contribution in [3.05, 3.63) is 29.0 Å². The maximum absolute atomic E-state index is 13.1. The molecule has 0 unspecified atom stereocenters. The van der Waals surface area contributed by atoms with Gasteiger partial charge in [-0.3, -0.25) is 0 Å². The summed E-state index contributed by atoms with van der Waals surface area (Å²) < 4.78 is 43.1. The number of furan rings is 1. The molecule has 1 aromatic carbocycles. The Morgan fingerprint density at radius 1 is 1.33 bits per heavy atom. The van der Waals surface area contributed by atoms with Crippen molar-refractivity contribution < 1.29 is 27.4 Å². The minimum Gasteiger partial charge on any atom is -0.502 e. The van der Waals surface area contributed by atoms with Gasteiger partial charge in [0.15, 0.2) is 5.76 Å². The molecule has 0 saturated carbocycles. The molecule has 114 valence electrons. The molecule has 21 heavy (non-hydrogen) atoms. The predicted molar refractivity (Wildman–Crippen MR) is 75.5 cm³/mol. The van der Waals surface area contributed by atoms with Crippen molar-refractivity contribution in [1.82, 2.24) is 0 Å². The van der Waals surface area contributed by atoms with Crippen LogP contribution >= 0.6 is 11.6 Å². The second-order valence-corrected chi connectivity index (χ2v) is 6.51. The maximum atomic E-state index is 13.1. The van der Waals surface area contributed by atoms with E-state index >= 15 is 0 Å². The summed E-state index contributed by atoms with van der Waals surface area (Å²) in [4.78, 5) is 0. The van der Waals surface area contributed by atoms with Gasteiger partial charge in [0, 0.05) is 5.56 Å². The van der Waals surface area contributed by atoms with E-state index in [2.05, 4.69) is 0 Å². The molecule has 0 aliphatic heterocycles. The van der Waals surface area contributed by atoms with Gasteiger partial charge in [-0.25, -0.2) is 17.5 Å². The first-order valence-electron chi connectivity index (χ1n) is 5.75. The van der Waals surface area contributed by atoms with Gasteiger partial charge in [-0.2, -0.15) is 0 Å². The average molecular weight is 336 g/mol. The lowest BCUT2D eigenvalue weighted by atomic mass is 10.1. The van der Waals surface area contributed by atoms with E-state index in [4.69, 9.17) is 16.0 Å². The average Bonchev–Trinajstić information content (AvgIpc) is 2.70. The lowest BCUT2D eigenvalue weighted by molar-refractivity contribution is 0.410. The van der Waals surface area contributed by atoms with Crippen LogP contribution in [-0.4, -0.2) is 24.4 Å². The van der Waals surface area contributed by atoms with Crippen molar-refractivity contribution in [2.45, 2.75) is 6.92 Å². The van der Waals surface area contributed by atoms with Crippen LogP contribution in [0, 0.1) is 5.82 Å². The van der Waals surface area contributed by atoms with Crippen LogP contribution in [0.15, 0.2) is 22.6 Å². The number of hydrogen-bond donors (Lipinski definition) is 3. The molecule has 2 rings (SSSR count). The normalized spacial score (nSPS) is 11.6. The first-order chi connectivity index (χ1) is 9.75. The van der Waals surface area contributed by atoms with Crippen LogP contribution < -0.4 is 4.72 Å². The number of benzene rings is 1. The van der Waals surface area contributed by atoms with Crippen molar-refractivity contribution in [3.8, 4) is 22.8 Å². The van der Waals surface area contributed by atoms with E-state index in [1.165, 1.54) is 19.1 Å². The van der Waals surface area contributed by atoms with E-state index in [1.807, 2.05) is 4.72 Å². The lowest BCUT2D eigenvalue weighted by Crippen LogP contribution is -2.14. The summed E-state index contributed by atoms with van der Waals surface area (Å²) in [6, 6.07) is 3.48. The molecule has 0 radical (unpaired) electrons. The van der Waals surface area contributed by atoms with Crippen molar-refractivity contribution in [2.24, 2.45) is 0 Å². The highest BCUT2D eigenvalue weighted by Crippen LogP contribution is 2.45. The molecule has 6 nitrogen and oxygen atoms in total. The molecule has 0 amide bonds. The van der Waals surface area contributed by atoms with Gasteiger partial charge in [0.25, 0.3) is 5.88 Å². The zero-order valence-electron chi connectivity index (χ0n) is 10.7. The molecule has 9 heteroatoms. The minimum atomic E-state index is -3.70. The molecule has 1 heterocycles. The van der Waals surface area contributed by atoms with Crippen LogP contribution in [0.4, 0.5) is 10.3 Å². The molecule has 0 spiro atoms. The fourth-order valence-corrected chi connectivity index (χ4v) is 2.28. The topological polar surface area (TPSA) is 99.8 Å². The van der Waals surface area contributed by atoms with E-state index in [0.29, 0.717) is 0 Å². The molecule has 1 aromatic heterocycles. The van der Waals surface area contributed by atoms with E-state index < -0.39 is 33.2 Å². The third kappa shape index (κ3) is 3.06. The van der Waals surface area contributed by atoms with Crippen LogP contribution in [0.3, 0.4) is 0 Å². The molecular weight excluding hydrogens is 325 g/mol. The Morgan fingerprint density at radius 3 is 2.57 bits per heavy atom. The molecule has 0 aliphatic rings. The van der Waals surface area contributed by atoms with Crippen molar-refractivity contribution in [1.29, 1.82) is 0 Å². The molecule has 0 saturated heterocycles. The second kappa shape index (κ2) is 5.45. The van der Waals surface area contributed by atoms with Crippen LogP contribution in [0.5, 0.6) is 11.5 Å². The van der Waals surface area contributed by atoms with Crippen molar-refractivity contribution in [2.75, 3.05) is 10.5 Å². The Bertz CT molecular complexity index is 787. The SMILES string of the molecule is CCS(=O)(=O)Nc1oc(-c2ccc(F)c(Cl)c2)c(O)c1O. The van der Waals surface area contributed by atoms with E-state index in [-0.39, 0.29) is 22.1 Å². The molecular formula is C12H11ClFNO5S. The summed E-state index contributed by atoms with van der Waals surface area (Å²) in [7, 11) is -3.70. The number of hydrogen-bond acceptors (Lipinski definition) is 5.